The molecule has 0 aliphatic rings. The van der Waals surface area contributed by atoms with E-state index in [0.717, 1.165) is 19.1 Å². The van der Waals surface area contributed by atoms with E-state index < -0.39 is 0 Å². The Hall–Kier alpha value is -0.0400. The standard InChI is InChI=1S/C7H16.C6H14.C5H12.C4H10O/c1-5-7(3,4)6-2;1-4-6(3)5-2;2*1-3-5-4-2/h5-6H2,1-4H3;6H,4-5H2,1-3H3;3-5H2,1-2H3;3-4H2,1-2H3. The summed E-state index contributed by atoms with van der Waals surface area (Å²) in [4.78, 5) is 0. The number of rotatable bonds is 8. The van der Waals surface area contributed by atoms with E-state index in [1.165, 1.54) is 44.9 Å². The molecule has 0 aromatic rings. The second kappa shape index (κ2) is 26.8. The van der Waals surface area contributed by atoms with Gasteiger partial charge in [-0.15, -0.1) is 0 Å². The summed E-state index contributed by atoms with van der Waals surface area (Å²) in [7, 11) is 0. The van der Waals surface area contributed by atoms with Crippen molar-refractivity contribution >= 4 is 0 Å². The third-order valence-electron chi connectivity index (χ3n) is 4.42. The molecule has 0 saturated carbocycles. The van der Waals surface area contributed by atoms with Gasteiger partial charge in [0.1, 0.15) is 0 Å². The van der Waals surface area contributed by atoms with Gasteiger partial charge in [0.05, 0.1) is 0 Å². The van der Waals surface area contributed by atoms with Crippen LogP contribution in [0, 0.1) is 11.3 Å². The van der Waals surface area contributed by atoms with Gasteiger partial charge in [0.15, 0.2) is 0 Å². The highest BCUT2D eigenvalue weighted by atomic mass is 16.5. The smallest absolute Gasteiger partial charge is 0.0437 e. The van der Waals surface area contributed by atoms with Crippen LogP contribution >= 0.6 is 0 Å². The van der Waals surface area contributed by atoms with Crippen LogP contribution in [0.2, 0.25) is 0 Å². The first-order chi connectivity index (χ1) is 10.8. The maximum absolute atomic E-state index is 4.83. The molecule has 0 aromatic heterocycles. The lowest BCUT2D eigenvalue weighted by atomic mass is 9.88. The second-order valence-corrected chi connectivity index (χ2v) is 6.93. The molecule has 0 N–H and O–H groups in total. The first-order valence-corrected chi connectivity index (χ1v) is 10.3. The summed E-state index contributed by atoms with van der Waals surface area (Å²) in [6.45, 7) is 25.9. The summed E-state index contributed by atoms with van der Waals surface area (Å²) in [6, 6.07) is 0. The highest BCUT2D eigenvalue weighted by molar-refractivity contribution is 4.61. The Labute approximate surface area is 151 Å². The fourth-order valence-corrected chi connectivity index (χ4v) is 1.10. The van der Waals surface area contributed by atoms with Gasteiger partial charge in [0.2, 0.25) is 0 Å². The van der Waals surface area contributed by atoms with E-state index in [4.69, 9.17) is 4.74 Å². The summed E-state index contributed by atoms with van der Waals surface area (Å²) in [6.07, 6.45) is 9.33. The normalized spacial score (nSPS) is 9.91. The van der Waals surface area contributed by atoms with Crippen molar-refractivity contribution in [3.05, 3.63) is 0 Å². The average Bonchev–Trinajstić information content (AvgIpc) is 2.57. The van der Waals surface area contributed by atoms with Gasteiger partial charge in [0.25, 0.3) is 0 Å². The number of ether oxygens (including phenoxy) is 1. The molecule has 0 aliphatic carbocycles. The zero-order chi connectivity index (χ0) is 19.1. The summed E-state index contributed by atoms with van der Waals surface area (Å²) < 4.78 is 4.83. The zero-order valence-electron chi connectivity index (χ0n) is 18.8. The summed E-state index contributed by atoms with van der Waals surface area (Å²) in [5.41, 5.74) is 0.583. The molecule has 0 aromatic carbocycles. The number of hydrogen-bond acceptors (Lipinski definition) is 1. The van der Waals surface area contributed by atoms with Crippen molar-refractivity contribution < 1.29 is 4.74 Å². The van der Waals surface area contributed by atoms with E-state index in [1.807, 2.05) is 13.8 Å². The van der Waals surface area contributed by atoms with Crippen LogP contribution in [0.5, 0.6) is 0 Å². The molecule has 1 nitrogen and oxygen atoms in total. The topological polar surface area (TPSA) is 9.23 Å². The van der Waals surface area contributed by atoms with E-state index in [2.05, 4.69) is 62.3 Å². The molecule has 0 fully saturated rings. The van der Waals surface area contributed by atoms with E-state index in [9.17, 15) is 0 Å². The lowest BCUT2D eigenvalue weighted by Gasteiger charge is -2.18. The molecule has 0 aliphatic heterocycles. The highest BCUT2D eigenvalue weighted by Gasteiger charge is 2.09. The first-order valence-electron chi connectivity index (χ1n) is 10.3. The van der Waals surface area contributed by atoms with E-state index in [-0.39, 0.29) is 0 Å². The Morgan fingerprint density at radius 1 is 0.696 bits per heavy atom. The average molecular weight is 333 g/mol. The minimum absolute atomic E-state index is 0.583. The molecule has 0 atom stereocenters. The molecule has 146 valence electrons. The maximum atomic E-state index is 4.83. The van der Waals surface area contributed by atoms with Gasteiger partial charge < -0.3 is 4.74 Å². The van der Waals surface area contributed by atoms with Crippen LogP contribution in [0.3, 0.4) is 0 Å². The van der Waals surface area contributed by atoms with Crippen molar-refractivity contribution in [2.45, 2.75) is 121 Å². The third-order valence-corrected chi connectivity index (χ3v) is 4.42. The van der Waals surface area contributed by atoms with Crippen LogP contribution in [0.15, 0.2) is 0 Å². The fraction of sp³-hybridized carbons (Fsp3) is 1.00. The SMILES string of the molecule is CCC(C)(C)CC.CCC(C)CC.CCCCC.CCOCC. The Balaban J connectivity index is -0.000000106. The minimum Gasteiger partial charge on any atom is -0.382 e. The number of unbranched alkanes of at least 4 members (excludes halogenated alkanes) is 2. The summed E-state index contributed by atoms with van der Waals surface area (Å²) >= 11 is 0. The number of hydrogen-bond donors (Lipinski definition) is 0. The van der Waals surface area contributed by atoms with Crippen LogP contribution in [-0.4, -0.2) is 13.2 Å². The van der Waals surface area contributed by atoms with Crippen molar-refractivity contribution in [3.8, 4) is 0 Å². The van der Waals surface area contributed by atoms with Crippen molar-refractivity contribution in [1.82, 2.24) is 0 Å². The van der Waals surface area contributed by atoms with E-state index in [1.54, 1.807) is 0 Å². The first kappa shape index (κ1) is 30.8. The molecule has 0 bridgehead atoms. The summed E-state index contributed by atoms with van der Waals surface area (Å²) in [5, 5.41) is 0. The van der Waals surface area contributed by atoms with Gasteiger partial charge in [-0.25, -0.2) is 0 Å². The lowest BCUT2D eigenvalue weighted by Crippen LogP contribution is -2.05. The van der Waals surface area contributed by atoms with Crippen LogP contribution < -0.4 is 0 Å². The van der Waals surface area contributed by atoms with Crippen molar-refractivity contribution in [3.63, 3.8) is 0 Å². The van der Waals surface area contributed by atoms with Gasteiger partial charge in [0, 0.05) is 13.2 Å². The molecule has 0 radical (unpaired) electrons. The fourth-order valence-electron chi connectivity index (χ4n) is 1.10. The van der Waals surface area contributed by atoms with Crippen LogP contribution in [0.25, 0.3) is 0 Å². The lowest BCUT2D eigenvalue weighted by molar-refractivity contribution is 0.162. The molecule has 0 rings (SSSR count). The predicted octanol–water partition coefficient (Wildman–Crippen LogP) is 8.51. The molecule has 0 saturated heterocycles. The molecular formula is C22H52O. The molecular weight excluding hydrogens is 280 g/mol. The Bertz CT molecular complexity index is 143. The van der Waals surface area contributed by atoms with Crippen LogP contribution in [0.1, 0.15) is 121 Å². The van der Waals surface area contributed by atoms with Gasteiger partial charge in [-0.2, -0.15) is 0 Å². The van der Waals surface area contributed by atoms with Gasteiger partial charge in [-0.1, -0.05) is 107 Å². The van der Waals surface area contributed by atoms with Crippen molar-refractivity contribution in [2.75, 3.05) is 13.2 Å². The van der Waals surface area contributed by atoms with Crippen LogP contribution in [0.4, 0.5) is 0 Å². The summed E-state index contributed by atoms with van der Waals surface area (Å²) in [5.74, 6) is 0.935. The van der Waals surface area contributed by atoms with Gasteiger partial charge in [-0.05, 0) is 25.2 Å². The third kappa shape index (κ3) is 44.9. The Morgan fingerprint density at radius 2 is 1.04 bits per heavy atom. The van der Waals surface area contributed by atoms with Crippen LogP contribution in [-0.2, 0) is 4.74 Å². The predicted molar refractivity (Wildman–Crippen MR) is 111 cm³/mol. The van der Waals surface area contributed by atoms with Crippen molar-refractivity contribution in [2.24, 2.45) is 11.3 Å². The van der Waals surface area contributed by atoms with Crippen molar-refractivity contribution in [1.29, 1.82) is 0 Å². The molecule has 0 heterocycles. The quantitative estimate of drug-likeness (QED) is 0.432. The molecule has 23 heavy (non-hydrogen) atoms. The highest BCUT2D eigenvalue weighted by Crippen LogP contribution is 2.22. The molecule has 0 spiro atoms. The Kier molecular flexibility index (Phi) is 35.9. The van der Waals surface area contributed by atoms with Gasteiger partial charge in [-0.3, -0.25) is 0 Å². The molecule has 0 amide bonds. The maximum Gasteiger partial charge on any atom is 0.0437 e. The van der Waals surface area contributed by atoms with Gasteiger partial charge >= 0.3 is 0 Å². The van der Waals surface area contributed by atoms with E-state index in [0.29, 0.717) is 5.41 Å². The monoisotopic (exact) mass is 332 g/mol. The Morgan fingerprint density at radius 3 is 1.04 bits per heavy atom. The largest absolute Gasteiger partial charge is 0.382 e. The van der Waals surface area contributed by atoms with E-state index >= 15 is 0 Å². The zero-order valence-corrected chi connectivity index (χ0v) is 18.8. The molecule has 1 heteroatoms. The minimum atomic E-state index is 0.583. The molecule has 0 unspecified atom stereocenters. The second-order valence-electron chi connectivity index (χ2n) is 6.93.